The fourth-order valence-electron chi connectivity index (χ4n) is 9.02. The number of hydrogen-bond donors (Lipinski definition) is 4. The minimum atomic E-state index is -0.297. The van der Waals surface area contributed by atoms with E-state index < -0.39 is 0 Å². The average molecular weight is 610 g/mol. The molecule has 0 aromatic heterocycles. The van der Waals surface area contributed by atoms with Crippen LogP contribution in [0.1, 0.15) is 104 Å². The van der Waals surface area contributed by atoms with E-state index in [-0.39, 0.29) is 111 Å². The summed E-state index contributed by atoms with van der Waals surface area (Å²) in [4.78, 5) is 38.2. The molecular weight excluding hydrogens is 550 g/mol. The van der Waals surface area contributed by atoms with E-state index in [2.05, 4.69) is 20.8 Å². The number of carbonyl (C=O) groups is 3. The summed E-state index contributed by atoms with van der Waals surface area (Å²) < 4.78 is 18.5. The van der Waals surface area contributed by atoms with Crippen molar-refractivity contribution < 1.29 is 33.7 Å². The summed E-state index contributed by atoms with van der Waals surface area (Å²) in [5.41, 5.74) is 16.8. The van der Waals surface area contributed by atoms with Crippen molar-refractivity contribution in [1.29, 1.82) is 0 Å². The van der Waals surface area contributed by atoms with Gasteiger partial charge in [0.2, 0.25) is 0 Å². The van der Waals surface area contributed by atoms with Gasteiger partial charge in [-0.15, -0.1) is 0 Å². The fourth-order valence-corrected chi connectivity index (χ4v) is 9.02. The van der Waals surface area contributed by atoms with Gasteiger partial charge >= 0.3 is 17.9 Å². The number of aliphatic hydroxyl groups excluding tert-OH is 1. The van der Waals surface area contributed by atoms with Crippen LogP contribution in [0.2, 0.25) is 0 Å². The topological polar surface area (TPSA) is 177 Å². The normalized spacial score (nSPS) is 35.2. The molecule has 0 radical (unpaired) electrons. The van der Waals surface area contributed by atoms with Gasteiger partial charge in [0.05, 0.1) is 19.3 Å². The minimum Gasteiger partial charge on any atom is -0.462 e. The lowest BCUT2D eigenvalue weighted by Gasteiger charge is -2.55. The highest BCUT2D eigenvalue weighted by atomic mass is 16.6. The van der Waals surface area contributed by atoms with E-state index in [1.807, 2.05) is 0 Å². The molecule has 0 saturated heterocycles. The van der Waals surface area contributed by atoms with Crippen LogP contribution in [-0.4, -0.2) is 67.6 Å². The van der Waals surface area contributed by atoms with Crippen molar-refractivity contribution in [3.8, 4) is 0 Å². The number of esters is 3. The zero-order chi connectivity index (χ0) is 31.6. The van der Waals surface area contributed by atoms with Crippen LogP contribution in [0, 0.1) is 40.9 Å². The lowest BCUT2D eigenvalue weighted by molar-refractivity contribution is -0.188. The van der Waals surface area contributed by atoms with Crippen molar-refractivity contribution in [3.05, 3.63) is 0 Å². The molecule has 10 nitrogen and oxygen atoms in total. The van der Waals surface area contributed by atoms with E-state index in [9.17, 15) is 19.5 Å². The Labute approximate surface area is 258 Å². The van der Waals surface area contributed by atoms with Crippen molar-refractivity contribution in [1.82, 2.24) is 0 Å². The summed E-state index contributed by atoms with van der Waals surface area (Å²) in [6.07, 6.45) is 8.03. The van der Waals surface area contributed by atoms with Crippen molar-refractivity contribution >= 4 is 17.9 Å². The third kappa shape index (κ3) is 9.14. The molecule has 4 unspecified atom stereocenters. The van der Waals surface area contributed by atoms with Gasteiger partial charge in [0, 0.05) is 37.6 Å². The van der Waals surface area contributed by atoms with Gasteiger partial charge < -0.3 is 36.5 Å². The predicted molar refractivity (Wildman–Crippen MR) is 164 cm³/mol. The maximum atomic E-state index is 13.0. The molecule has 3 saturated carbocycles. The Kier molecular flexibility index (Phi) is 14.2. The van der Waals surface area contributed by atoms with Crippen LogP contribution in [0.15, 0.2) is 0 Å². The zero-order valence-corrected chi connectivity index (χ0v) is 26.8. The molecule has 0 aliphatic heterocycles. The molecule has 0 bridgehead atoms. The summed E-state index contributed by atoms with van der Waals surface area (Å²) in [5.74, 6) is 0.563. The third-order valence-corrected chi connectivity index (χ3v) is 10.8. The maximum absolute atomic E-state index is 13.0. The monoisotopic (exact) mass is 609 g/mol. The lowest BCUT2D eigenvalue weighted by Crippen LogP contribution is -2.56. The highest BCUT2D eigenvalue weighted by Crippen LogP contribution is 2.64. The SMILES string of the molecule is CC1C[C@H](OC(=O)CCN)CCC[C@H]2C[C@H](OC(=O)CCN)C3(C)C([C@H](C)CCCO)CC[C@H]3C2[C@H](OC(=O)CCN)C1. The number of rotatable bonds is 13. The number of fused-ring (bicyclic) bond motifs is 3. The van der Waals surface area contributed by atoms with Crippen LogP contribution in [0.4, 0.5) is 0 Å². The molecular formula is C33H59N3O7. The van der Waals surface area contributed by atoms with E-state index in [1.54, 1.807) is 0 Å². The zero-order valence-electron chi connectivity index (χ0n) is 26.8. The Balaban J connectivity index is 2.00. The van der Waals surface area contributed by atoms with Crippen molar-refractivity contribution in [2.24, 2.45) is 58.1 Å². The third-order valence-electron chi connectivity index (χ3n) is 10.8. The number of ether oxygens (including phenoxy) is 3. The molecule has 43 heavy (non-hydrogen) atoms. The molecule has 3 aliphatic carbocycles. The van der Waals surface area contributed by atoms with Crippen LogP contribution in [0.25, 0.3) is 0 Å². The van der Waals surface area contributed by atoms with Gasteiger partial charge in [-0.2, -0.15) is 0 Å². The Morgan fingerprint density at radius 2 is 1.49 bits per heavy atom. The van der Waals surface area contributed by atoms with Crippen LogP contribution in [0.3, 0.4) is 0 Å². The van der Waals surface area contributed by atoms with Gasteiger partial charge in [0.25, 0.3) is 0 Å². The van der Waals surface area contributed by atoms with Crippen molar-refractivity contribution in [2.75, 3.05) is 26.2 Å². The van der Waals surface area contributed by atoms with E-state index in [0.29, 0.717) is 31.1 Å². The molecule has 7 N–H and O–H groups in total. The molecule has 3 fully saturated rings. The highest BCUT2D eigenvalue weighted by molar-refractivity contribution is 5.70. The largest absolute Gasteiger partial charge is 0.462 e. The summed E-state index contributed by atoms with van der Waals surface area (Å²) in [5, 5.41) is 9.56. The van der Waals surface area contributed by atoms with E-state index in [0.717, 1.165) is 44.9 Å². The maximum Gasteiger partial charge on any atom is 0.307 e. The second kappa shape index (κ2) is 17.1. The molecule has 3 rings (SSSR count). The lowest BCUT2D eigenvalue weighted by atomic mass is 9.52. The van der Waals surface area contributed by atoms with Gasteiger partial charge in [0.1, 0.15) is 18.3 Å². The number of hydrogen-bond acceptors (Lipinski definition) is 10. The van der Waals surface area contributed by atoms with E-state index in [1.165, 1.54) is 0 Å². The minimum absolute atomic E-state index is 0.130. The van der Waals surface area contributed by atoms with Crippen LogP contribution >= 0.6 is 0 Å². The van der Waals surface area contributed by atoms with Crippen LogP contribution < -0.4 is 17.2 Å². The Bertz CT molecular complexity index is 904. The van der Waals surface area contributed by atoms with Gasteiger partial charge in [-0.05, 0) is 93.8 Å². The Morgan fingerprint density at radius 1 is 0.860 bits per heavy atom. The second-order valence-electron chi connectivity index (χ2n) is 13.8. The first kappa shape index (κ1) is 35.7. The van der Waals surface area contributed by atoms with Gasteiger partial charge in [-0.3, -0.25) is 14.4 Å². The fraction of sp³-hybridized carbons (Fsp3) is 0.909. The first-order chi connectivity index (χ1) is 20.6. The van der Waals surface area contributed by atoms with E-state index >= 15 is 0 Å². The van der Waals surface area contributed by atoms with Crippen LogP contribution in [-0.2, 0) is 28.6 Å². The summed E-state index contributed by atoms with van der Waals surface area (Å²) in [6.45, 7) is 7.62. The number of carbonyl (C=O) groups excluding carboxylic acids is 3. The van der Waals surface area contributed by atoms with E-state index in [4.69, 9.17) is 31.4 Å². The van der Waals surface area contributed by atoms with Crippen LogP contribution in [0.5, 0.6) is 0 Å². The average Bonchev–Trinajstić information content (AvgIpc) is 3.29. The molecule has 10 atom stereocenters. The standard InChI is InChI=1S/C33H59N3O7/c1-21-18-24(41-29(38)11-14-34)8-4-7-23-20-28(43-31(40)13-16-36)33(3)25(22(2)6-5-17-37)9-10-26(33)32(23)27(19-21)42-30(39)12-15-35/h21-28,32,37H,4-20,34-36H2,1-3H3/t21?,22-,23+,24-,25?,26+,27-,28+,32?,33?/m1/s1. The second-order valence-corrected chi connectivity index (χ2v) is 13.8. The number of nitrogens with two attached hydrogens (primary N) is 3. The van der Waals surface area contributed by atoms with Crippen molar-refractivity contribution in [3.63, 3.8) is 0 Å². The first-order valence-electron chi connectivity index (χ1n) is 16.9. The molecule has 10 heteroatoms. The van der Waals surface area contributed by atoms with Gasteiger partial charge in [0.15, 0.2) is 0 Å². The first-order valence-corrected chi connectivity index (χ1v) is 16.9. The van der Waals surface area contributed by atoms with Gasteiger partial charge in [-0.25, -0.2) is 0 Å². The Hall–Kier alpha value is -1.75. The van der Waals surface area contributed by atoms with Crippen molar-refractivity contribution in [2.45, 2.75) is 123 Å². The highest BCUT2D eigenvalue weighted by Gasteiger charge is 2.62. The molecule has 0 aromatic rings. The quantitative estimate of drug-likeness (QED) is 0.179. The van der Waals surface area contributed by atoms with Gasteiger partial charge in [-0.1, -0.05) is 20.8 Å². The summed E-state index contributed by atoms with van der Waals surface area (Å²) >= 11 is 0. The molecule has 0 amide bonds. The Morgan fingerprint density at radius 3 is 2.12 bits per heavy atom. The summed E-state index contributed by atoms with van der Waals surface area (Å²) in [6, 6.07) is 0. The number of aliphatic hydroxyl groups is 1. The molecule has 248 valence electrons. The molecule has 0 heterocycles. The molecule has 0 spiro atoms. The molecule has 0 aromatic carbocycles. The smallest absolute Gasteiger partial charge is 0.307 e. The molecule has 3 aliphatic rings. The summed E-state index contributed by atoms with van der Waals surface area (Å²) in [7, 11) is 0. The predicted octanol–water partition coefficient (Wildman–Crippen LogP) is 3.45.